The summed E-state index contributed by atoms with van der Waals surface area (Å²) in [5.74, 6) is -1.28. The summed E-state index contributed by atoms with van der Waals surface area (Å²) >= 11 is 0. The molecule has 0 saturated heterocycles. The largest absolute Gasteiger partial charge is 2.00 e. The van der Waals surface area contributed by atoms with Gasteiger partial charge in [0.2, 0.25) is 0 Å². The van der Waals surface area contributed by atoms with Gasteiger partial charge in [-0.15, -0.1) is 22.1 Å². The van der Waals surface area contributed by atoms with Crippen LogP contribution >= 0.6 is 0 Å². The predicted molar refractivity (Wildman–Crippen MR) is 205 cm³/mol. The van der Waals surface area contributed by atoms with Crippen LogP contribution in [0.4, 0.5) is 0 Å². The summed E-state index contributed by atoms with van der Waals surface area (Å²) in [6, 6.07) is 7.69. The van der Waals surface area contributed by atoms with E-state index in [1.54, 1.807) is 12.2 Å². The molecular formula is C40H43N7O6Zn. The summed E-state index contributed by atoms with van der Waals surface area (Å²) in [5.41, 5.74) is 20.9. The minimum atomic E-state index is -0.905. The third-order valence-corrected chi connectivity index (χ3v) is 9.32. The molecule has 0 saturated carbocycles. The molecule has 0 spiro atoms. The number of carboxylic acids is 1. The van der Waals surface area contributed by atoms with Gasteiger partial charge in [-0.2, -0.15) is 0 Å². The number of aryl methyl sites for hydroxylation is 4. The van der Waals surface area contributed by atoms with E-state index in [2.05, 4.69) is 23.2 Å². The first kappa shape index (κ1) is 41.6. The quantitative estimate of drug-likeness (QED) is 0.0365. The van der Waals surface area contributed by atoms with Gasteiger partial charge in [0, 0.05) is 35.4 Å². The van der Waals surface area contributed by atoms with Gasteiger partial charge in [-0.3, -0.25) is 9.59 Å². The molecule has 13 nitrogen and oxygen atoms in total. The fourth-order valence-corrected chi connectivity index (χ4v) is 6.37. The number of allylic oxidation sites excluding steroid dienone is 6. The van der Waals surface area contributed by atoms with E-state index >= 15 is 0 Å². The number of aliphatic carboxylic acids is 1. The van der Waals surface area contributed by atoms with E-state index in [0.717, 1.165) is 61.6 Å². The molecule has 1 N–H and O–H groups in total. The first-order chi connectivity index (χ1) is 25.6. The molecule has 0 unspecified atom stereocenters. The number of hydrogen-bond donors (Lipinski definition) is 1. The molecule has 2 aliphatic heterocycles. The zero-order valence-corrected chi connectivity index (χ0v) is 34.2. The smallest absolute Gasteiger partial charge is 0.657 e. The first-order valence-electron chi connectivity index (χ1n) is 17.4. The number of azide groups is 1. The van der Waals surface area contributed by atoms with Crippen molar-refractivity contribution in [2.75, 3.05) is 39.6 Å². The van der Waals surface area contributed by atoms with E-state index in [4.69, 9.17) is 39.7 Å². The zero-order chi connectivity index (χ0) is 38.1. The van der Waals surface area contributed by atoms with Gasteiger partial charge in [-0.05, 0) is 63.3 Å². The SMILES string of the molecule is C=CC1=C(C)c2cc3[n-]c(cc4[n-]c(cc5nc(cc1n2)C(C)=C5C=C)c(C)c4CCC(=O)O)c(CCC(=O)OCCOCCOCCN=[N+]=[N-])c3C.[Zn+2]. The number of hydrogen-bond acceptors (Lipinski definition) is 8. The normalized spacial score (nSPS) is 12.3. The summed E-state index contributed by atoms with van der Waals surface area (Å²) in [5, 5.41) is 13.0. The van der Waals surface area contributed by atoms with Crippen LogP contribution < -0.4 is 9.97 Å². The van der Waals surface area contributed by atoms with Crippen LogP contribution in [0.5, 0.6) is 0 Å². The zero-order valence-electron chi connectivity index (χ0n) is 31.3. The van der Waals surface area contributed by atoms with Crippen molar-refractivity contribution in [3.8, 4) is 0 Å². The van der Waals surface area contributed by atoms with Crippen molar-refractivity contribution in [2.45, 2.75) is 53.4 Å². The third-order valence-electron chi connectivity index (χ3n) is 9.32. The standard InChI is InChI=1S/C40H44N7O6.Zn/c1-7-27-23(3)31-19-32-26(6)30(10-12-40(50)53-18-17-52-16-15-51-14-13-42-47-41)38(45-32)22-37-29(9-11-39(48)49)25(5)34(46-37)21-36-28(8-2)24(4)33(44-36)20-35(27)43-31;/h7-8,19-22H,1-2,9-18H2,3-6H3,(H2-,43,44,45,46,48,49);/q-1;+2/p-1. The van der Waals surface area contributed by atoms with Gasteiger partial charge in [0.25, 0.3) is 0 Å². The number of esters is 1. The maximum atomic E-state index is 12.8. The Morgan fingerprint density at radius 2 is 1.26 bits per heavy atom. The van der Waals surface area contributed by atoms with E-state index in [-0.39, 0.29) is 64.5 Å². The summed E-state index contributed by atoms with van der Waals surface area (Å²) in [6.07, 6.45) is 4.26. The maximum Gasteiger partial charge on any atom is 2.00 e. The van der Waals surface area contributed by atoms with Gasteiger partial charge in [-0.25, -0.2) is 9.97 Å². The Hall–Kier alpha value is -5.13. The number of rotatable bonds is 17. The average molecular weight is 783 g/mol. The number of nitrogens with zero attached hydrogens (tertiary/aromatic N) is 7. The van der Waals surface area contributed by atoms with Crippen LogP contribution in [0.2, 0.25) is 0 Å². The Morgan fingerprint density at radius 1 is 0.759 bits per heavy atom. The summed E-state index contributed by atoms with van der Waals surface area (Å²) < 4.78 is 16.2. The van der Waals surface area contributed by atoms with Crippen LogP contribution in [0.15, 0.2) is 54.7 Å². The molecule has 8 bridgehead atoms. The number of carbonyl (C=O) groups is 2. The second-order valence-electron chi connectivity index (χ2n) is 12.6. The first-order valence-corrected chi connectivity index (χ1v) is 17.4. The van der Waals surface area contributed by atoms with E-state index in [1.165, 1.54) is 0 Å². The van der Waals surface area contributed by atoms with Crippen LogP contribution in [0.3, 0.4) is 0 Å². The monoisotopic (exact) mass is 781 g/mol. The predicted octanol–water partition coefficient (Wildman–Crippen LogP) is 7.26. The van der Waals surface area contributed by atoms with Crippen molar-refractivity contribution in [2.24, 2.45) is 5.11 Å². The molecule has 3 aromatic heterocycles. The van der Waals surface area contributed by atoms with Crippen molar-refractivity contribution < 1.29 is 48.4 Å². The van der Waals surface area contributed by atoms with Gasteiger partial charge in [0.1, 0.15) is 6.61 Å². The number of ether oxygens (including phenoxy) is 3. The molecule has 5 heterocycles. The summed E-state index contributed by atoms with van der Waals surface area (Å²) in [7, 11) is 0. The molecule has 3 aromatic rings. The van der Waals surface area contributed by atoms with Crippen LogP contribution in [0, 0.1) is 13.8 Å². The van der Waals surface area contributed by atoms with Crippen LogP contribution in [-0.2, 0) is 56.1 Å². The second kappa shape index (κ2) is 19.3. The Bertz CT molecular complexity index is 2230. The second-order valence-corrected chi connectivity index (χ2v) is 12.6. The minimum Gasteiger partial charge on any atom is -0.657 e. The van der Waals surface area contributed by atoms with Gasteiger partial charge in [-0.1, -0.05) is 70.9 Å². The fraction of sp³-hybridized carbons (Fsp3) is 0.350. The Kier molecular flexibility index (Phi) is 14.9. The number of carboxylic acid groups (broad SMARTS) is 1. The molecule has 0 aromatic carbocycles. The van der Waals surface area contributed by atoms with Crippen LogP contribution in [0.1, 0.15) is 71.7 Å². The van der Waals surface area contributed by atoms with E-state index in [0.29, 0.717) is 54.0 Å². The molecule has 0 aliphatic carbocycles. The van der Waals surface area contributed by atoms with Crippen LogP contribution in [0.25, 0.3) is 54.8 Å². The molecule has 0 atom stereocenters. The van der Waals surface area contributed by atoms with Gasteiger partial charge >= 0.3 is 31.4 Å². The fourth-order valence-electron chi connectivity index (χ4n) is 6.37. The third kappa shape index (κ3) is 9.69. The molecule has 0 amide bonds. The van der Waals surface area contributed by atoms with E-state index in [9.17, 15) is 14.7 Å². The van der Waals surface area contributed by atoms with Gasteiger partial charge < -0.3 is 29.3 Å². The molecule has 276 valence electrons. The van der Waals surface area contributed by atoms with E-state index in [1.807, 2.05) is 52.0 Å². The summed E-state index contributed by atoms with van der Waals surface area (Å²) in [4.78, 5) is 47.2. The Morgan fingerprint density at radius 3 is 1.81 bits per heavy atom. The molecular weight excluding hydrogens is 740 g/mol. The Balaban J connectivity index is 0.00000650. The molecule has 54 heavy (non-hydrogen) atoms. The molecule has 2 aliphatic rings. The minimum absolute atomic E-state index is 0. The van der Waals surface area contributed by atoms with Crippen molar-refractivity contribution in [1.82, 2.24) is 19.9 Å². The topological polar surface area (TPSA) is 185 Å². The van der Waals surface area contributed by atoms with Crippen molar-refractivity contribution in [3.63, 3.8) is 0 Å². The molecule has 5 rings (SSSR count). The number of aromatic nitrogens is 4. The molecule has 0 fully saturated rings. The van der Waals surface area contributed by atoms with Gasteiger partial charge in [0.05, 0.1) is 49.2 Å². The van der Waals surface area contributed by atoms with Crippen molar-refractivity contribution in [3.05, 3.63) is 105 Å². The molecule has 0 radical (unpaired) electrons. The number of fused-ring (bicyclic) bond motifs is 8. The molecule has 14 heteroatoms. The summed E-state index contributed by atoms with van der Waals surface area (Å²) in [6.45, 7) is 17.5. The average Bonchev–Trinajstić information content (AvgIpc) is 3.79. The van der Waals surface area contributed by atoms with Crippen molar-refractivity contribution in [1.29, 1.82) is 0 Å². The Labute approximate surface area is 326 Å². The van der Waals surface area contributed by atoms with E-state index < -0.39 is 5.97 Å². The van der Waals surface area contributed by atoms with Crippen molar-refractivity contribution >= 4 is 56.3 Å². The maximum absolute atomic E-state index is 12.8. The van der Waals surface area contributed by atoms with Crippen LogP contribution in [-0.4, -0.2) is 66.6 Å². The van der Waals surface area contributed by atoms with Gasteiger partial charge in [0.15, 0.2) is 0 Å². The number of carbonyl (C=O) groups excluding carboxylic acids is 1.